The number of carbonyl (C=O) groups is 1. The first-order valence-corrected chi connectivity index (χ1v) is 9.14. The number of carboxylic acids is 1. The first kappa shape index (κ1) is 24.2. The first-order chi connectivity index (χ1) is 12.5. The minimum Gasteiger partial charge on any atom is -0.706 e. The Bertz CT molecular complexity index is 840. The van der Waals surface area contributed by atoms with Gasteiger partial charge in [-0.25, -0.2) is 0 Å². The normalized spacial score (nSPS) is 15.9. The molecule has 5 heteroatoms. The Morgan fingerprint density at radius 3 is 2.14 bits per heavy atom. The summed E-state index contributed by atoms with van der Waals surface area (Å²) in [5.41, 5.74) is 13.8. The van der Waals surface area contributed by atoms with Gasteiger partial charge in [-0.15, -0.1) is 40.5 Å². The van der Waals surface area contributed by atoms with Crippen molar-refractivity contribution in [2.24, 2.45) is 0 Å². The molecule has 0 amide bonds. The van der Waals surface area contributed by atoms with Gasteiger partial charge in [-0.05, 0) is 29.4 Å². The van der Waals surface area contributed by atoms with Crippen molar-refractivity contribution in [1.29, 1.82) is 0 Å². The van der Waals surface area contributed by atoms with Gasteiger partial charge in [-0.2, -0.15) is 5.69 Å². The molecule has 0 aromatic heterocycles. The van der Waals surface area contributed by atoms with Crippen LogP contribution in [0.15, 0.2) is 30.3 Å². The van der Waals surface area contributed by atoms with Gasteiger partial charge in [0.05, 0.1) is 7.11 Å². The topological polar surface area (TPSA) is 70.3 Å². The number of rotatable bonds is 2. The monoisotopic (exact) mass is 473 g/mol. The summed E-state index contributed by atoms with van der Waals surface area (Å²) in [5.74, 6) is -0.113. The summed E-state index contributed by atoms with van der Waals surface area (Å²) >= 11 is 0. The zero-order chi connectivity index (χ0) is 20.4. The molecule has 0 aliphatic heterocycles. The molecule has 1 aliphatic rings. The predicted octanol–water partition coefficient (Wildman–Crippen LogP) is 6.28. The Balaban J connectivity index is 0.000000717. The van der Waals surface area contributed by atoms with Crippen molar-refractivity contribution >= 4 is 11.7 Å². The number of carboxylic acid groups (broad SMARTS) is 1. The van der Waals surface area contributed by atoms with Crippen LogP contribution in [0.2, 0.25) is 0 Å². The van der Waals surface area contributed by atoms with Crippen LogP contribution in [-0.2, 0) is 36.0 Å². The van der Waals surface area contributed by atoms with Crippen LogP contribution in [0.1, 0.15) is 58.6 Å². The minimum absolute atomic E-state index is 0. The number of benzene rings is 2. The van der Waals surface area contributed by atoms with Crippen LogP contribution in [-0.4, -0.2) is 18.2 Å². The molecule has 0 unspecified atom stereocenters. The summed E-state index contributed by atoms with van der Waals surface area (Å²) in [6, 6.07) is 13.5. The molecular formula is C23H29NO3Pd. The number of methoxy groups -OCH3 is 1. The van der Waals surface area contributed by atoms with Crippen molar-refractivity contribution in [3.63, 3.8) is 0 Å². The molecule has 0 bridgehead atoms. The van der Waals surface area contributed by atoms with E-state index in [-0.39, 0.29) is 31.3 Å². The van der Waals surface area contributed by atoms with Gasteiger partial charge in [-0.1, -0.05) is 40.2 Å². The molecule has 2 aromatic rings. The summed E-state index contributed by atoms with van der Waals surface area (Å²) < 4.78 is 5.21. The minimum atomic E-state index is -0.833. The van der Waals surface area contributed by atoms with E-state index < -0.39 is 5.97 Å². The maximum absolute atomic E-state index is 9.00. The molecule has 0 saturated heterocycles. The molecule has 28 heavy (non-hydrogen) atoms. The average molecular weight is 474 g/mol. The molecular weight excluding hydrogens is 445 g/mol. The number of ether oxygens (including phenoxy) is 1. The summed E-state index contributed by atoms with van der Waals surface area (Å²) in [6.45, 7) is 10.4. The van der Waals surface area contributed by atoms with Crippen LogP contribution in [0, 0.1) is 6.07 Å². The number of hydrogen-bond donors (Lipinski definition) is 1. The maximum atomic E-state index is 9.00. The molecule has 3 rings (SSSR count). The summed E-state index contributed by atoms with van der Waals surface area (Å²) in [5, 5.41) is 7.42. The summed E-state index contributed by atoms with van der Waals surface area (Å²) in [4.78, 5) is 9.00. The SMILES string of the molecule is CC(=O)O.COc1ccc(-c2[c-]cc3c(c2)C(C)(C)CCC3(C)C)c([NH-])c1.[Pd+2]. The maximum Gasteiger partial charge on any atom is 2.00 e. The van der Waals surface area contributed by atoms with Crippen LogP contribution < -0.4 is 4.74 Å². The van der Waals surface area contributed by atoms with E-state index in [0.29, 0.717) is 5.69 Å². The largest absolute Gasteiger partial charge is 2.00 e. The molecule has 0 fully saturated rings. The smallest absolute Gasteiger partial charge is 0.706 e. The fourth-order valence-corrected chi connectivity index (χ4v) is 3.55. The van der Waals surface area contributed by atoms with E-state index >= 15 is 0 Å². The second-order valence-electron chi connectivity index (χ2n) is 8.37. The van der Waals surface area contributed by atoms with Crippen LogP contribution in [0.4, 0.5) is 5.69 Å². The molecule has 2 aromatic carbocycles. The fraction of sp³-hybridized carbons (Fsp3) is 0.435. The van der Waals surface area contributed by atoms with Gasteiger partial charge in [0.1, 0.15) is 5.75 Å². The molecule has 154 valence electrons. The Labute approximate surface area is 182 Å². The quantitative estimate of drug-likeness (QED) is 0.412. The van der Waals surface area contributed by atoms with Crippen molar-refractivity contribution < 1.29 is 35.1 Å². The van der Waals surface area contributed by atoms with Crippen LogP contribution in [0.25, 0.3) is 16.9 Å². The van der Waals surface area contributed by atoms with E-state index in [1.807, 2.05) is 12.1 Å². The van der Waals surface area contributed by atoms with E-state index in [1.54, 1.807) is 13.2 Å². The number of hydrogen-bond acceptors (Lipinski definition) is 2. The molecule has 0 radical (unpaired) electrons. The third-order valence-corrected chi connectivity index (χ3v) is 5.30. The second-order valence-corrected chi connectivity index (χ2v) is 8.37. The third-order valence-electron chi connectivity index (χ3n) is 5.30. The van der Waals surface area contributed by atoms with Gasteiger partial charge < -0.3 is 15.6 Å². The third kappa shape index (κ3) is 5.37. The van der Waals surface area contributed by atoms with E-state index in [0.717, 1.165) is 23.8 Å². The van der Waals surface area contributed by atoms with Gasteiger partial charge >= 0.3 is 20.4 Å². The Morgan fingerprint density at radius 2 is 1.64 bits per heavy atom. The van der Waals surface area contributed by atoms with Gasteiger partial charge in [0.2, 0.25) is 0 Å². The molecule has 0 atom stereocenters. The molecule has 0 spiro atoms. The molecule has 4 nitrogen and oxygen atoms in total. The summed E-state index contributed by atoms with van der Waals surface area (Å²) in [6.07, 6.45) is 2.39. The zero-order valence-electron chi connectivity index (χ0n) is 17.4. The van der Waals surface area contributed by atoms with Gasteiger partial charge in [0.25, 0.3) is 5.97 Å². The Morgan fingerprint density at radius 1 is 1.11 bits per heavy atom. The number of aliphatic carboxylic acids is 1. The Hall–Kier alpha value is -1.83. The molecule has 0 heterocycles. The molecule has 0 saturated carbocycles. The predicted molar refractivity (Wildman–Crippen MR) is 110 cm³/mol. The van der Waals surface area contributed by atoms with Gasteiger partial charge in [0, 0.05) is 6.92 Å². The van der Waals surface area contributed by atoms with Crippen molar-refractivity contribution in [3.8, 4) is 16.9 Å². The van der Waals surface area contributed by atoms with E-state index in [4.69, 9.17) is 20.4 Å². The van der Waals surface area contributed by atoms with Crippen molar-refractivity contribution in [3.05, 3.63) is 53.3 Å². The van der Waals surface area contributed by atoms with Crippen molar-refractivity contribution in [1.82, 2.24) is 0 Å². The van der Waals surface area contributed by atoms with E-state index in [2.05, 4.69) is 45.9 Å². The first-order valence-electron chi connectivity index (χ1n) is 9.14. The van der Waals surface area contributed by atoms with Crippen molar-refractivity contribution in [2.75, 3.05) is 7.11 Å². The van der Waals surface area contributed by atoms with Gasteiger partial charge in [0.15, 0.2) is 0 Å². The number of nitrogens with one attached hydrogen (secondary N) is 1. The number of fused-ring (bicyclic) bond motifs is 1. The standard InChI is InChI=1S/C21H25NO.C2H4O2.Pd/c1-20(2)10-11-21(3,4)18-12-14(6-9-17(18)20)16-8-7-15(23-5)13-19(16)22;1-2(3)4;/h7-9,12-13,22H,10-11H2,1-5H3;1H3,(H,3,4);/q-2;;+2. The van der Waals surface area contributed by atoms with E-state index in [1.165, 1.54) is 24.0 Å². The van der Waals surface area contributed by atoms with Gasteiger partial charge in [-0.3, -0.25) is 4.79 Å². The zero-order valence-corrected chi connectivity index (χ0v) is 18.9. The van der Waals surface area contributed by atoms with Crippen LogP contribution >= 0.6 is 0 Å². The molecule has 1 aliphatic carbocycles. The van der Waals surface area contributed by atoms with Crippen LogP contribution in [0.3, 0.4) is 0 Å². The van der Waals surface area contributed by atoms with Crippen LogP contribution in [0.5, 0.6) is 5.75 Å². The average Bonchev–Trinajstić information content (AvgIpc) is 2.58. The molecule has 2 N–H and O–H groups in total. The van der Waals surface area contributed by atoms with Crippen molar-refractivity contribution in [2.45, 2.75) is 58.3 Å². The fourth-order valence-electron chi connectivity index (χ4n) is 3.55. The Kier molecular flexibility index (Phi) is 7.88. The summed E-state index contributed by atoms with van der Waals surface area (Å²) in [7, 11) is 1.63. The van der Waals surface area contributed by atoms with E-state index in [9.17, 15) is 0 Å². The second kappa shape index (κ2) is 9.11.